The van der Waals surface area contributed by atoms with E-state index in [1.54, 1.807) is 0 Å². The molecule has 0 saturated heterocycles. The molecule has 1 atom stereocenters. The summed E-state index contributed by atoms with van der Waals surface area (Å²) in [6.07, 6.45) is 4.28. The molecule has 84 valence electrons. The van der Waals surface area contributed by atoms with Crippen molar-refractivity contribution in [1.82, 2.24) is 4.90 Å². The number of nitrogens with zero attached hydrogens (tertiary/aromatic N) is 1. The molecule has 0 spiro atoms. The predicted molar refractivity (Wildman–Crippen MR) is 62.3 cm³/mol. The van der Waals surface area contributed by atoms with Crippen molar-refractivity contribution >= 4 is 0 Å². The van der Waals surface area contributed by atoms with Crippen LogP contribution in [0.2, 0.25) is 0 Å². The molecule has 1 aliphatic rings. The van der Waals surface area contributed by atoms with Gasteiger partial charge in [0, 0.05) is 19.1 Å². The molecule has 0 aromatic rings. The highest BCUT2D eigenvalue weighted by Crippen LogP contribution is 2.29. The second kappa shape index (κ2) is 4.63. The standard InChI is InChI=1S/C12H26N2/c1-12(2,3)11(8-13)14(4)9-10-6-5-7-10/h10-11H,5-9,13H2,1-4H3. The topological polar surface area (TPSA) is 29.3 Å². The fourth-order valence-corrected chi connectivity index (χ4v) is 2.40. The van der Waals surface area contributed by atoms with Crippen molar-refractivity contribution in [2.24, 2.45) is 17.1 Å². The van der Waals surface area contributed by atoms with E-state index in [4.69, 9.17) is 5.73 Å². The molecular formula is C12H26N2. The quantitative estimate of drug-likeness (QED) is 0.749. The van der Waals surface area contributed by atoms with Crippen LogP contribution in [-0.4, -0.2) is 31.1 Å². The average molecular weight is 198 g/mol. The molecule has 2 N–H and O–H groups in total. The molecule has 0 heterocycles. The Morgan fingerprint density at radius 1 is 1.36 bits per heavy atom. The van der Waals surface area contributed by atoms with Gasteiger partial charge < -0.3 is 10.6 Å². The first-order valence-corrected chi connectivity index (χ1v) is 5.85. The van der Waals surface area contributed by atoms with Gasteiger partial charge in [-0.15, -0.1) is 0 Å². The van der Waals surface area contributed by atoms with Crippen molar-refractivity contribution in [1.29, 1.82) is 0 Å². The largest absolute Gasteiger partial charge is 0.329 e. The zero-order valence-electron chi connectivity index (χ0n) is 10.2. The molecule has 0 aliphatic heterocycles. The molecule has 0 radical (unpaired) electrons. The third kappa shape index (κ3) is 2.96. The van der Waals surface area contributed by atoms with Crippen LogP contribution >= 0.6 is 0 Å². The van der Waals surface area contributed by atoms with Crippen LogP contribution in [-0.2, 0) is 0 Å². The number of likely N-dealkylation sites (N-methyl/N-ethyl adjacent to an activating group) is 1. The van der Waals surface area contributed by atoms with Crippen molar-refractivity contribution in [3.8, 4) is 0 Å². The van der Waals surface area contributed by atoms with Gasteiger partial charge in [0.05, 0.1) is 0 Å². The molecule has 14 heavy (non-hydrogen) atoms. The molecule has 1 saturated carbocycles. The van der Waals surface area contributed by atoms with E-state index in [1.807, 2.05) is 0 Å². The first-order chi connectivity index (χ1) is 6.45. The van der Waals surface area contributed by atoms with Crippen molar-refractivity contribution < 1.29 is 0 Å². The van der Waals surface area contributed by atoms with E-state index in [1.165, 1.54) is 25.8 Å². The lowest BCUT2D eigenvalue weighted by Crippen LogP contribution is -2.48. The fourth-order valence-electron chi connectivity index (χ4n) is 2.40. The maximum atomic E-state index is 5.85. The van der Waals surface area contributed by atoms with E-state index in [0.717, 1.165) is 12.5 Å². The van der Waals surface area contributed by atoms with Crippen LogP contribution in [0.3, 0.4) is 0 Å². The minimum absolute atomic E-state index is 0.299. The van der Waals surface area contributed by atoms with Gasteiger partial charge in [0.25, 0.3) is 0 Å². The molecule has 1 fully saturated rings. The van der Waals surface area contributed by atoms with E-state index in [9.17, 15) is 0 Å². The molecule has 1 unspecified atom stereocenters. The molecule has 0 bridgehead atoms. The van der Waals surface area contributed by atoms with Crippen LogP contribution in [0.15, 0.2) is 0 Å². The highest BCUT2D eigenvalue weighted by atomic mass is 15.1. The average Bonchev–Trinajstić information content (AvgIpc) is 1.95. The minimum atomic E-state index is 0.299. The van der Waals surface area contributed by atoms with Gasteiger partial charge in [-0.05, 0) is 31.2 Å². The second-order valence-corrected chi connectivity index (χ2v) is 5.85. The normalized spacial score (nSPS) is 21.0. The monoisotopic (exact) mass is 198 g/mol. The summed E-state index contributed by atoms with van der Waals surface area (Å²) in [5, 5.41) is 0. The van der Waals surface area contributed by atoms with Gasteiger partial charge in [-0.2, -0.15) is 0 Å². The highest BCUT2D eigenvalue weighted by molar-refractivity contribution is 4.84. The van der Waals surface area contributed by atoms with Crippen LogP contribution in [0.1, 0.15) is 40.0 Å². The maximum absolute atomic E-state index is 5.85. The summed E-state index contributed by atoms with van der Waals surface area (Å²) < 4.78 is 0. The molecule has 0 aromatic heterocycles. The van der Waals surface area contributed by atoms with Crippen molar-refractivity contribution in [2.75, 3.05) is 20.1 Å². The second-order valence-electron chi connectivity index (χ2n) is 5.85. The Labute approximate surface area is 88.8 Å². The number of rotatable bonds is 4. The Hall–Kier alpha value is -0.0800. The molecule has 2 nitrogen and oxygen atoms in total. The Kier molecular flexibility index (Phi) is 3.96. The van der Waals surface area contributed by atoms with Gasteiger partial charge in [0.1, 0.15) is 0 Å². The summed E-state index contributed by atoms with van der Waals surface area (Å²) in [4.78, 5) is 2.46. The van der Waals surface area contributed by atoms with Gasteiger partial charge in [0.15, 0.2) is 0 Å². The van der Waals surface area contributed by atoms with Gasteiger partial charge in [0.2, 0.25) is 0 Å². The summed E-state index contributed by atoms with van der Waals surface area (Å²) in [6, 6.07) is 0.517. The maximum Gasteiger partial charge on any atom is 0.0263 e. The molecule has 2 heteroatoms. The van der Waals surface area contributed by atoms with Crippen LogP contribution in [0, 0.1) is 11.3 Å². The predicted octanol–water partition coefficient (Wildman–Crippen LogP) is 2.09. The van der Waals surface area contributed by atoms with Crippen LogP contribution in [0.5, 0.6) is 0 Å². The van der Waals surface area contributed by atoms with Gasteiger partial charge in [-0.25, -0.2) is 0 Å². The van der Waals surface area contributed by atoms with Gasteiger partial charge in [-0.3, -0.25) is 0 Å². The summed E-state index contributed by atoms with van der Waals surface area (Å²) in [5.41, 5.74) is 6.15. The number of nitrogens with two attached hydrogens (primary N) is 1. The Morgan fingerprint density at radius 3 is 2.21 bits per heavy atom. The van der Waals surface area contributed by atoms with E-state index >= 15 is 0 Å². The molecule has 1 aliphatic carbocycles. The molecule has 0 amide bonds. The van der Waals surface area contributed by atoms with E-state index in [2.05, 4.69) is 32.7 Å². The Bertz CT molecular complexity index is 168. The van der Waals surface area contributed by atoms with Gasteiger partial charge >= 0.3 is 0 Å². The van der Waals surface area contributed by atoms with Crippen LogP contribution < -0.4 is 5.73 Å². The third-order valence-electron chi connectivity index (χ3n) is 3.53. The zero-order chi connectivity index (χ0) is 10.8. The Balaban J connectivity index is 2.42. The lowest BCUT2D eigenvalue weighted by atomic mass is 9.82. The van der Waals surface area contributed by atoms with E-state index in [0.29, 0.717) is 11.5 Å². The summed E-state index contributed by atoms with van der Waals surface area (Å²) in [7, 11) is 2.22. The summed E-state index contributed by atoms with van der Waals surface area (Å²) in [6.45, 7) is 8.84. The Morgan fingerprint density at radius 2 is 1.93 bits per heavy atom. The third-order valence-corrected chi connectivity index (χ3v) is 3.53. The van der Waals surface area contributed by atoms with Crippen molar-refractivity contribution in [3.63, 3.8) is 0 Å². The molecular weight excluding hydrogens is 172 g/mol. The molecule has 1 rings (SSSR count). The van der Waals surface area contributed by atoms with E-state index in [-0.39, 0.29) is 0 Å². The number of hydrogen-bond acceptors (Lipinski definition) is 2. The first-order valence-electron chi connectivity index (χ1n) is 5.85. The van der Waals surface area contributed by atoms with Gasteiger partial charge in [-0.1, -0.05) is 27.2 Å². The SMILES string of the molecule is CN(CC1CCC1)C(CN)C(C)(C)C. The minimum Gasteiger partial charge on any atom is -0.329 e. The smallest absolute Gasteiger partial charge is 0.0263 e. The van der Waals surface area contributed by atoms with Crippen LogP contribution in [0.25, 0.3) is 0 Å². The summed E-state index contributed by atoms with van der Waals surface area (Å²) in [5.74, 6) is 0.941. The van der Waals surface area contributed by atoms with Crippen LogP contribution in [0.4, 0.5) is 0 Å². The summed E-state index contributed by atoms with van der Waals surface area (Å²) >= 11 is 0. The number of hydrogen-bond donors (Lipinski definition) is 1. The fraction of sp³-hybridized carbons (Fsp3) is 1.00. The lowest BCUT2D eigenvalue weighted by molar-refractivity contribution is 0.0956. The first kappa shape index (κ1) is 12.0. The zero-order valence-corrected chi connectivity index (χ0v) is 10.2. The highest BCUT2D eigenvalue weighted by Gasteiger charge is 2.29. The molecule has 0 aromatic carbocycles. The van der Waals surface area contributed by atoms with Crippen molar-refractivity contribution in [3.05, 3.63) is 0 Å². The van der Waals surface area contributed by atoms with Crippen molar-refractivity contribution in [2.45, 2.75) is 46.1 Å². The lowest BCUT2D eigenvalue weighted by Gasteiger charge is -2.40. The van der Waals surface area contributed by atoms with E-state index < -0.39 is 0 Å².